The second-order valence-electron chi connectivity index (χ2n) is 3.76. The number of aliphatic hydroxyl groups is 1. The molecule has 0 fully saturated rings. The fourth-order valence-corrected chi connectivity index (χ4v) is 1.68. The minimum atomic E-state index is 0.254. The quantitative estimate of drug-likeness (QED) is 0.676. The Morgan fingerprint density at radius 3 is 2.65 bits per heavy atom. The Bertz CT molecular complexity index is 328. The highest BCUT2D eigenvalue weighted by molar-refractivity contribution is 5.46. The van der Waals surface area contributed by atoms with E-state index in [0.717, 1.165) is 43.0 Å². The molecule has 0 aliphatic rings. The lowest BCUT2D eigenvalue weighted by Gasteiger charge is -2.13. The summed E-state index contributed by atoms with van der Waals surface area (Å²) in [5.41, 5.74) is 1.08. The lowest BCUT2D eigenvalue weighted by Crippen LogP contribution is -2.15. The van der Waals surface area contributed by atoms with Crippen molar-refractivity contribution in [2.75, 3.05) is 27.4 Å². The maximum absolute atomic E-state index is 8.67. The number of benzene rings is 1. The largest absolute Gasteiger partial charge is 0.493 e. The molecule has 0 saturated carbocycles. The zero-order valence-corrected chi connectivity index (χ0v) is 10.5. The second-order valence-corrected chi connectivity index (χ2v) is 3.76. The molecule has 4 heteroatoms. The molecule has 0 heterocycles. The third-order valence-electron chi connectivity index (χ3n) is 2.56. The van der Waals surface area contributed by atoms with Gasteiger partial charge >= 0.3 is 0 Å². The van der Waals surface area contributed by atoms with E-state index in [4.69, 9.17) is 14.6 Å². The van der Waals surface area contributed by atoms with E-state index in [1.54, 1.807) is 14.2 Å². The van der Waals surface area contributed by atoms with Crippen molar-refractivity contribution >= 4 is 0 Å². The highest BCUT2D eigenvalue weighted by atomic mass is 16.5. The highest BCUT2D eigenvalue weighted by Crippen LogP contribution is 2.30. The number of aliphatic hydroxyl groups excluding tert-OH is 1. The smallest absolute Gasteiger partial charge is 0.165 e. The summed E-state index contributed by atoms with van der Waals surface area (Å²) in [5.74, 6) is 1.53. The van der Waals surface area contributed by atoms with Gasteiger partial charge in [-0.05, 0) is 25.5 Å². The zero-order chi connectivity index (χ0) is 12.5. The Balaban J connectivity index is 2.52. The monoisotopic (exact) mass is 239 g/mol. The Morgan fingerprint density at radius 2 is 2.00 bits per heavy atom. The van der Waals surface area contributed by atoms with Gasteiger partial charge in [0.15, 0.2) is 11.5 Å². The number of nitrogens with one attached hydrogen (secondary N) is 1. The normalized spacial score (nSPS) is 10.3. The summed E-state index contributed by atoms with van der Waals surface area (Å²) in [5, 5.41) is 12.0. The molecule has 1 aromatic carbocycles. The fourth-order valence-electron chi connectivity index (χ4n) is 1.68. The molecular formula is C13H21NO3. The third-order valence-corrected chi connectivity index (χ3v) is 2.56. The van der Waals surface area contributed by atoms with Crippen molar-refractivity contribution in [3.05, 3.63) is 23.8 Å². The standard InChI is InChI=1S/C13H21NO3/c1-16-12-7-5-6-11(13(12)17-2)10-14-8-3-4-9-15/h5-7,14-15H,3-4,8-10H2,1-2H3. The predicted octanol–water partition coefficient (Wildman–Crippen LogP) is 1.57. The van der Waals surface area contributed by atoms with Crippen molar-refractivity contribution in [1.82, 2.24) is 5.32 Å². The number of hydrogen-bond acceptors (Lipinski definition) is 4. The molecule has 4 nitrogen and oxygen atoms in total. The summed E-state index contributed by atoms with van der Waals surface area (Å²) in [6.07, 6.45) is 1.81. The fraction of sp³-hybridized carbons (Fsp3) is 0.538. The molecule has 17 heavy (non-hydrogen) atoms. The van der Waals surface area contributed by atoms with E-state index in [0.29, 0.717) is 0 Å². The number of hydrogen-bond donors (Lipinski definition) is 2. The minimum Gasteiger partial charge on any atom is -0.493 e. The first kappa shape index (κ1) is 13.8. The zero-order valence-electron chi connectivity index (χ0n) is 10.5. The van der Waals surface area contributed by atoms with E-state index >= 15 is 0 Å². The summed E-state index contributed by atoms with van der Waals surface area (Å²) < 4.78 is 10.6. The molecule has 0 aromatic heterocycles. The van der Waals surface area contributed by atoms with Crippen molar-refractivity contribution in [3.8, 4) is 11.5 Å². The van der Waals surface area contributed by atoms with Gasteiger partial charge in [-0.25, -0.2) is 0 Å². The van der Waals surface area contributed by atoms with E-state index in [1.165, 1.54) is 0 Å². The number of rotatable bonds is 8. The van der Waals surface area contributed by atoms with E-state index in [2.05, 4.69) is 5.32 Å². The molecule has 1 rings (SSSR count). The Kier molecular flexibility index (Phi) is 6.43. The lowest BCUT2D eigenvalue weighted by molar-refractivity contribution is 0.283. The van der Waals surface area contributed by atoms with E-state index in [1.807, 2.05) is 18.2 Å². The molecule has 1 aromatic rings. The molecule has 0 atom stereocenters. The van der Waals surface area contributed by atoms with Gasteiger partial charge in [0.2, 0.25) is 0 Å². The molecule has 0 unspecified atom stereocenters. The topological polar surface area (TPSA) is 50.7 Å². The third kappa shape index (κ3) is 4.24. The van der Waals surface area contributed by atoms with Crippen LogP contribution in [-0.2, 0) is 6.54 Å². The van der Waals surface area contributed by atoms with Crippen LogP contribution < -0.4 is 14.8 Å². The molecule has 0 aliphatic heterocycles. The highest BCUT2D eigenvalue weighted by Gasteiger charge is 2.08. The van der Waals surface area contributed by atoms with Gasteiger partial charge in [0.1, 0.15) is 0 Å². The summed E-state index contributed by atoms with van der Waals surface area (Å²) in [7, 11) is 3.28. The van der Waals surface area contributed by atoms with Crippen LogP contribution in [0.15, 0.2) is 18.2 Å². The summed E-state index contributed by atoms with van der Waals surface area (Å²) in [6, 6.07) is 5.85. The molecular weight excluding hydrogens is 218 g/mol. The molecule has 0 saturated heterocycles. The average Bonchev–Trinajstić information content (AvgIpc) is 2.38. The Morgan fingerprint density at radius 1 is 1.18 bits per heavy atom. The van der Waals surface area contributed by atoms with Crippen LogP contribution in [0.4, 0.5) is 0 Å². The van der Waals surface area contributed by atoms with Gasteiger partial charge in [0.05, 0.1) is 14.2 Å². The maximum Gasteiger partial charge on any atom is 0.165 e. The maximum atomic E-state index is 8.67. The summed E-state index contributed by atoms with van der Waals surface area (Å²) in [4.78, 5) is 0. The SMILES string of the molecule is COc1cccc(CNCCCCO)c1OC. The van der Waals surface area contributed by atoms with Crippen LogP contribution in [0.1, 0.15) is 18.4 Å². The predicted molar refractivity (Wildman–Crippen MR) is 67.6 cm³/mol. The summed E-state index contributed by atoms with van der Waals surface area (Å²) >= 11 is 0. The number of para-hydroxylation sites is 1. The van der Waals surface area contributed by atoms with Crippen LogP contribution in [0.3, 0.4) is 0 Å². The van der Waals surface area contributed by atoms with Crippen molar-refractivity contribution in [2.24, 2.45) is 0 Å². The molecule has 0 radical (unpaired) electrons. The van der Waals surface area contributed by atoms with Crippen LogP contribution in [0, 0.1) is 0 Å². The minimum absolute atomic E-state index is 0.254. The van der Waals surface area contributed by atoms with Crippen molar-refractivity contribution in [1.29, 1.82) is 0 Å². The van der Waals surface area contributed by atoms with Gasteiger partial charge < -0.3 is 19.9 Å². The van der Waals surface area contributed by atoms with Crippen LogP contribution in [0.2, 0.25) is 0 Å². The lowest BCUT2D eigenvalue weighted by atomic mass is 10.2. The Labute approximate surface area is 103 Å². The molecule has 0 aliphatic carbocycles. The first-order chi connectivity index (χ1) is 8.33. The average molecular weight is 239 g/mol. The van der Waals surface area contributed by atoms with Crippen molar-refractivity contribution < 1.29 is 14.6 Å². The van der Waals surface area contributed by atoms with E-state index in [9.17, 15) is 0 Å². The molecule has 0 spiro atoms. The van der Waals surface area contributed by atoms with Gasteiger partial charge in [-0.3, -0.25) is 0 Å². The van der Waals surface area contributed by atoms with E-state index < -0.39 is 0 Å². The van der Waals surface area contributed by atoms with Crippen LogP contribution in [0.5, 0.6) is 11.5 Å². The van der Waals surface area contributed by atoms with Gasteiger partial charge in [-0.2, -0.15) is 0 Å². The molecule has 0 amide bonds. The number of unbranched alkanes of at least 4 members (excludes halogenated alkanes) is 1. The first-order valence-corrected chi connectivity index (χ1v) is 5.85. The van der Waals surface area contributed by atoms with Gasteiger partial charge in [-0.1, -0.05) is 12.1 Å². The molecule has 2 N–H and O–H groups in total. The van der Waals surface area contributed by atoms with Crippen molar-refractivity contribution in [3.63, 3.8) is 0 Å². The van der Waals surface area contributed by atoms with Gasteiger partial charge in [0, 0.05) is 18.7 Å². The summed E-state index contributed by atoms with van der Waals surface area (Å²) in [6.45, 7) is 1.89. The van der Waals surface area contributed by atoms with Crippen molar-refractivity contribution in [2.45, 2.75) is 19.4 Å². The van der Waals surface area contributed by atoms with Crippen LogP contribution in [0.25, 0.3) is 0 Å². The number of methoxy groups -OCH3 is 2. The Hall–Kier alpha value is -1.26. The van der Waals surface area contributed by atoms with E-state index in [-0.39, 0.29) is 6.61 Å². The van der Waals surface area contributed by atoms with Crippen LogP contribution >= 0.6 is 0 Å². The van der Waals surface area contributed by atoms with Crippen LogP contribution in [-0.4, -0.2) is 32.5 Å². The van der Waals surface area contributed by atoms with Gasteiger partial charge in [0.25, 0.3) is 0 Å². The molecule has 96 valence electrons. The second kappa shape index (κ2) is 7.92. The first-order valence-electron chi connectivity index (χ1n) is 5.85. The molecule has 0 bridgehead atoms. The van der Waals surface area contributed by atoms with Gasteiger partial charge in [-0.15, -0.1) is 0 Å². The number of ether oxygens (including phenoxy) is 2.